The zero-order valence-electron chi connectivity index (χ0n) is 15.5. The van der Waals surface area contributed by atoms with Gasteiger partial charge in [0.1, 0.15) is 6.04 Å². The Balaban J connectivity index is 2.04. The third kappa shape index (κ3) is 6.46. The molecule has 0 saturated carbocycles. The van der Waals surface area contributed by atoms with Crippen LogP contribution in [0.3, 0.4) is 0 Å². The van der Waals surface area contributed by atoms with E-state index in [1.54, 1.807) is 12.2 Å². The van der Waals surface area contributed by atoms with Crippen LogP contribution in [0.15, 0.2) is 60.7 Å². The van der Waals surface area contributed by atoms with Crippen molar-refractivity contribution in [3.8, 4) is 0 Å². The van der Waals surface area contributed by atoms with Crippen LogP contribution in [0.1, 0.15) is 29.2 Å². The summed E-state index contributed by atoms with van der Waals surface area (Å²) in [5.74, 6) is -1.64. The van der Waals surface area contributed by atoms with Crippen molar-refractivity contribution in [2.45, 2.75) is 24.7 Å². The molecule has 0 unspecified atom stereocenters. The molecular weight excluding hydrogens is 387 g/mol. The molecule has 154 valence electrons. The fraction of sp³-hybridized carbons (Fsp3) is 0.238. The molecule has 1 amide bonds. The van der Waals surface area contributed by atoms with Crippen LogP contribution < -0.4 is 5.32 Å². The van der Waals surface area contributed by atoms with Gasteiger partial charge in [-0.15, -0.1) is 0 Å². The van der Waals surface area contributed by atoms with E-state index in [2.05, 4.69) is 10.1 Å². The number of hydrogen-bond acceptors (Lipinski definition) is 4. The van der Waals surface area contributed by atoms with E-state index in [-0.39, 0.29) is 12.0 Å². The summed E-state index contributed by atoms with van der Waals surface area (Å²) in [4.78, 5) is 24.2. The molecule has 2 aromatic rings. The summed E-state index contributed by atoms with van der Waals surface area (Å²) in [6, 6.07) is 11.8. The highest BCUT2D eigenvalue weighted by Gasteiger charge is 2.31. The molecule has 0 bridgehead atoms. The molecule has 0 aliphatic heterocycles. The van der Waals surface area contributed by atoms with Gasteiger partial charge in [0.15, 0.2) is 6.10 Å². The maximum absolute atomic E-state index is 12.6. The van der Waals surface area contributed by atoms with Crippen molar-refractivity contribution >= 4 is 18.0 Å². The standard InChI is InChI=1S/C21H20F3NO4/c1-29-20(28)17(9-5-8-14-6-3-2-4-7-14)25-19(27)18(26)15-10-12-16(13-11-15)21(22,23)24/h2-8,10-13,17-18,26H,9H2,1H3,(H,25,27)/b8-5+/t17-,18-/m0/s1. The Labute approximate surface area is 165 Å². The Bertz CT molecular complexity index is 848. The number of halogens is 3. The lowest BCUT2D eigenvalue weighted by molar-refractivity contribution is -0.146. The fourth-order valence-corrected chi connectivity index (χ4v) is 2.52. The van der Waals surface area contributed by atoms with Crippen LogP contribution in [0.25, 0.3) is 6.08 Å². The third-order valence-electron chi connectivity index (χ3n) is 4.09. The van der Waals surface area contributed by atoms with Crippen LogP contribution in [0, 0.1) is 0 Å². The Hall–Kier alpha value is -3.13. The van der Waals surface area contributed by atoms with Gasteiger partial charge in [0, 0.05) is 0 Å². The number of esters is 1. The second-order valence-electron chi connectivity index (χ2n) is 6.16. The lowest BCUT2D eigenvalue weighted by atomic mass is 10.1. The van der Waals surface area contributed by atoms with Crippen molar-refractivity contribution in [3.05, 3.63) is 77.4 Å². The molecule has 2 N–H and O–H groups in total. The van der Waals surface area contributed by atoms with Gasteiger partial charge in [-0.3, -0.25) is 4.79 Å². The van der Waals surface area contributed by atoms with Crippen molar-refractivity contribution in [1.82, 2.24) is 5.32 Å². The minimum Gasteiger partial charge on any atom is -0.467 e. The van der Waals surface area contributed by atoms with Gasteiger partial charge in [0.2, 0.25) is 0 Å². The van der Waals surface area contributed by atoms with Gasteiger partial charge in [-0.1, -0.05) is 54.6 Å². The maximum atomic E-state index is 12.6. The number of rotatable bonds is 7. The van der Waals surface area contributed by atoms with Crippen LogP contribution >= 0.6 is 0 Å². The van der Waals surface area contributed by atoms with Gasteiger partial charge in [0.25, 0.3) is 5.91 Å². The molecule has 2 rings (SSSR count). The smallest absolute Gasteiger partial charge is 0.416 e. The number of carbonyl (C=O) groups excluding carboxylic acids is 2. The largest absolute Gasteiger partial charge is 0.467 e. The lowest BCUT2D eigenvalue weighted by Crippen LogP contribution is -2.43. The van der Waals surface area contributed by atoms with Crippen molar-refractivity contribution < 1.29 is 32.6 Å². The van der Waals surface area contributed by atoms with Crippen molar-refractivity contribution in [2.75, 3.05) is 7.11 Å². The third-order valence-corrected chi connectivity index (χ3v) is 4.09. The zero-order valence-corrected chi connectivity index (χ0v) is 15.5. The molecule has 5 nitrogen and oxygen atoms in total. The van der Waals surface area contributed by atoms with Crippen LogP contribution in [0.2, 0.25) is 0 Å². The predicted molar refractivity (Wildman–Crippen MR) is 100 cm³/mol. The molecule has 2 atom stereocenters. The minimum atomic E-state index is -4.52. The average Bonchev–Trinajstić information content (AvgIpc) is 2.72. The summed E-state index contributed by atoms with van der Waals surface area (Å²) in [6.45, 7) is 0. The number of amides is 1. The normalized spacial score (nSPS) is 13.7. The predicted octanol–water partition coefficient (Wildman–Crippen LogP) is 3.50. The van der Waals surface area contributed by atoms with E-state index in [4.69, 9.17) is 0 Å². The van der Waals surface area contributed by atoms with E-state index in [9.17, 15) is 27.9 Å². The summed E-state index contributed by atoms with van der Waals surface area (Å²) in [6.07, 6.45) is -2.72. The minimum absolute atomic E-state index is 0.0288. The van der Waals surface area contributed by atoms with E-state index in [0.717, 1.165) is 36.9 Å². The monoisotopic (exact) mass is 407 g/mol. The highest BCUT2D eigenvalue weighted by atomic mass is 19.4. The highest BCUT2D eigenvalue weighted by molar-refractivity contribution is 5.87. The van der Waals surface area contributed by atoms with E-state index in [1.165, 1.54) is 0 Å². The molecule has 0 saturated heterocycles. The first kappa shape index (κ1) is 22.2. The first-order chi connectivity index (χ1) is 13.7. The second kappa shape index (κ2) is 9.88. The van der Waals surface area contributed by atoms with Gasteiger partial charge in [-0.2, -0.15) is 13.2 Å². The second-order valence-corrected chi connectivity index (χ2v) is 6.16. The summed E-state index contributed by atoms with van der Waals surface area (Å²) < 4.78 is 42.5. The molecule has 8 heteroatoms. The Morgan fingerprint density at radius 3 is 2.28 bits per heavy atom. The molecule has 0 spiro atoms. The van der Waals surface area contributed by atoms with E-state index < -0.39 is 35.8 Å². The van der Waals surface area contributed by atoms with Crippen molar-refractivity contribution in [1.29, 1.82) is 0 Å². The Morgan fingerprint density at radius 2 is 1.72 bits per heavy atom. The molecule has 0 aliphatic rings. The van der Waals surface area contributed by atoms with Gasteiger partial charge in [-0.05, 0) is 29.7 Å². The number of aliphatic hydroxyl groups is 1. The van der Waals surface area contributed by atoms with Gasteiger partial charge in [0.05, 0.1) is 12.7 Å². The van der Waals surface area contributed by atoms with Gasteiger partial charge < -0.3 is 15.2 Å². The summed E-state index contributed by atoms with van der Waals surface area (Å²) in [7, 11) is 1.16. The molecule has 0 radical (unpaired) electrons. The van der Waals surface area contributed by atoms with E-state index >= 15 is 0 Å². The van der Waals surface area contributed by atoms with Crippen LogP contribution in [0.4, 0.5) is 13.2 Å². The van der Waals surface area contributed by atoms with Crippen molar-refractivity contribution in [3.63, 3.8) is 0 Å². The van der Waals surface area contributed by atoms with E-state index in [0.29, 0.717) is 0 Å². The molecular formula is C21H20F3NO4. The SMILES string of the molecule is COC(=O)[C@H](C/C=C/c1ccccc1)NC(=O)[C@@H](O)c1ccc(C(F)(F)F)cc1. The molecule has 0 aromatic heterocycles. The molecule has 0 aliphatic carbocycles. The number of hydrogen-bond donors (Lipinski definition) is 2. The highest BCUT2D eigenvalue weighted by Crippen LogP contribution is 2.30. The Morgan fingerprint density at radius 1 is 1.10 bits per heavy atom. The van der Waals surface area contributed by atoms with Crippen LogP contribution in [0.5, 0.6) is 0 Å². The van der Waals surface area contributed by atoms with Gasteiger partial charge >= 0.3 is 12.1 Å². The number of carbonyl (C=O) groups is 2. The molecule has 2 aromatic carbocycles. The summed E-state index contributed by atoms with van der Waals surface area (Å²) in [5.41, 5.74) is -0.0291. The lowest BCUT2D eigenvalue weighted by Gasteiger charge is -2.18. The van der Waals surface area contributed by atoms with E-state index in [1.807, 2.05) is 30.3 Å². The zero-order chi connectivity index (χ0) is 21.4. The first-order valence-electron chi connectivity index (χ1n) is 8.67. The number of aliphatic hydroxyl groups excluding tert-OH is 1. The Kier molecular flexibility index (Phi) is 7.55. The summed E-state index contributed by atoms with van der Waals surface area (Å²) >= 11 is 0. The number of methoxy groups -OCH3 is 1. The number of alkyl halides is 3. The number of ether oxygens (including phenoxy) is 1. The fourth-order valence-electron chi connectivity index (χ4n) is 2.52. The number of nitrogens with one attached hydrogen (secondary N) is 1. The quantitative estimate of drug-likeness (QED) is 0.689. The topological polar surface area (TPSA) is 75.6 Å². The maximum Gasteiger partial charge on any atom is 0.416 e. The average molecular weight is 407 g/mol. The van der Waals surface area contributed by atoms with Crippen LogP contribution in [-0.2, 0) is 20.5 Å². The summed E-state index contributed by atoms with van der Waals surface area (Å²) in [5, 5.41) is 12.5. The first-order valence-corrected chi connectivity index (χ1v) is 8.67. The van der Waals surface area contributed by atoms with Gasteiger partial charge in [-0.25, -0.2) is 4.79 Å². The van der Waals surface area contributed by atoms with Crippen molar-refractivity contribution in [2.24, 2.45) is 0 Å². The molecule has 0 fully saturated rings. The molecule has 29 heavy (non-hydrogen) atoms. The molecule has 0 heterocycles. The van der Waals surface area contributed by atoms with Crippen LogP contribution in [-0.4, -0.2) is 30.1 Å². The number of benzene rings is 2.